The highest BCUT2D eigenvalue weighted by molar-refractivity contribution is 7.92. The van der Waals surface area contributed by atoms with Gasteiger partial charge in [-0.25, -0.2) is 8.42 Å². The van der Waals surface area contributed by atoms with Crippen LogP contribution in [0.4, 0.5) is 0 Å². The summed E-state index contributed by atoms with van der Waals surface area (Å²) in [4.78, 5) is 0.403. The molecule has 0 spiro atoms. The van der Waals surface area contributed by atoms with Crippen molar-refractivity contribution in [2.45, 2.75) is 42.4 Å². The minimum atomic E-state index is -3.23. The first-order valence-corrected chi connectivity index (χ1v) is 7.12. The first-order chi connectivity index (χ1) is 7.51. The van der Waals surface area contributed by atoms with E-state index in [4.69, 9.17) is 5.73 Å². The van der Waals surface area contributed by atoms with Crippen molar-refractivity contribution in [3.8, 4) is 0 Å². The molecule has 0 bridgehead atoms. The van der Waals surface area contributed by atoms with Crippen molar-refractivity contribution < 1.29 is 8.42 Å². The van der Waals surface area contributed by atoms with Crippen LogP contribution in [-0.4, -0.2) is 19.7 Å². The van der Waals surface area contributed by atoms with Crippen LogP contribution >= 0.6 is 0 Å². The molecular formula is C12H17NO2S. The lowest BCUT2D eigenvalue weighted by Crippen LogP contribution is -2.35. The lowest BCUT2D eigenvalue weighted by atomic mass is 10.2. The molecule has 2 N–H and O–H groups in total. The Morgan fingerprint density at radius 2 is 1.81 bits per heavy atom. The van der Waals surface area contributed by atoms with Crippen molar-refractivity contribution in [2.24, 2.45) is 5.73 Å². The number of benzene rings is 1. The summed E-state index contributed by atoms with van der Waals surface area (Å²) < 4.78 is 24.6. The van der Waals surface area contributed by atoms with Crippen LogP contribution in [0.3, 0.4) is 0 Å². The molecule has 0 saturated heterocycles. The second-order valence-corrected chi connectivity index (χ2v) is 6.66. The molecular weight excluding hydrogens is 222 g/mol. The van der Waals surface area contributed by atoms with Gasteiger partial charge in [-0.2, -0.15) is 0 Å². The predicted molar refractivity (Wildman–Crippen MR) is 64.0 cm³/mol. The molecule has 0 heterocycles. The Morgan fingerprint density at radius 3 is 2.31 bits per heavy atom. The standard InChI is InChI=1S/C12H17NO2S/c1-9-5-7-10(8-6-9)16(14,15)12-4-2-3-11(12)13/h5-8,11-12H,2-4,13H2,1H3. The number of hydrogen-bond acceptors (Lipinski definition) is 3. The molecule has 1 aliphatic carbocycles. The summed E-state index contributed by atoms with van der Waals surface area (Å²) in [6.07, 6.45) is 2.42. The molecule has 0 aliphatic heterocycles. The lowest BCUT2D eigenvalue weighted by molar-refractivity contribution is 0.568. The monoisotopic (exact) mass is 239 g/mol. The third-order valence-electron chi connectivity index (χ3n) is 3.25. The summed E-state index contributed by atoms with van der Waals surface area (Å²) in [6.45, 7) is 1.94. The lowest BCUT2D eigenvalue weighted by Gasteiger charge is -2.16. The maximum Gasteiger partial charge on any atom is 0.182 e. The molecule has 1 aromatic carbocycles. The van der Waals surface area contributed by atoms with Crippen molar-refractivity contribution in [3.05, 3.63) is 29.8 Å². The van der Waals surface area contributed by atoms with E-state index >= 15 is 0 Å². The van der Waals surface area contributed by atoms with Crippen molar-refractivity contribution in [3.63, 3.8) is 0 Å². The summed E-state index contributed by atoms with van der Waals surface area (Å²) >= 11 is 0. The van der Waals surface area contributed by atoms with Crippen LogP contribution in [0.5, 0.6) is 0 Å². The maximum atomic E-state index is 12.3. The van der Waals surface area contributed by atoms with Crippen molar-refractivity contribution in [1.29, 1.82) is 0 Å². The Labute approximate surface area is 96.6 Å². The summed E-state index contributed by atoms with van der Waals surface area (Å²) in [5.74, 6) is 0. The third kappa shape index (κ3) is 1.99. The highest BCUT2D eigenvalue weighted by Crippen LogP contribution is 2.28. The topological polar surface area (TPSA) is 60.2 Å². The fraction of sp³-hybridized carbons (Fsp3) is 0.500. The van der Waals surface area contributed by atoms with E-state index in [0.29, 0.717) is 11.3 Å². The zero-order valence-corrected chi connectivity index (χ0v) is 10.2. The van der Waals surface area contributed by atoms with Crippen LogP contribution in [0.1, 0.15) is 24.8 Å². The van der Waals surface area contributed by atoms with Crippen molar-refractivity contribution in [2.75, 3.05) is 0 Å². The molecule has 1 aliphatic rings. The molecule has 1 aromatic rings. The molecule has 2 rings (SSSR count). The van der Waals surface area contributed by atoms with Gasteiger partial charge in [0.05, 0.1) is 10.1 Å². The SMILES string of the molecule is Cc1ccc(S(=O)(=O)C2CCCC2N)cc1. The Morgan fingerprint density at radius 1 is 1.19 bits per heavy atom. The van der Waals surface area contributed by atoms with Crippen LogP contribution < -0.4 is 5.73 Å². The van der Waals surface area contributed by atoms with Crippen molar-refractivity contribution >= 4 is 9.84 Å². The van der Waals surface area contributed by atoms with Crippen molar-refractivity contribution in [1.82, 2.24) is 0 Å². The fourth-order valence-electron chi connectivity index (χ4n) is 2.24. The van der Waals surface area contributed by atoms with Gasteiger partial charge in [-0.3, -0.25) is 0 Å². The highest BCUT2D eigenvalue weighted by Gasteiger charge is 2.36. The molecule has 88 valence electrons. The van der Waals surface area contributed by atoms with Gasteiger partial charge in [0.2, 0.25) is 0 Å². The van der Waals surface area contributed by atoms with Crippen LogP contribution in [0.2, 0.25) is 0 Å². The van der Waals surface area contributed by atoms with Gasteiger partial charge in [-0.15, -0.1) is 0 Å². The molecule has 2 atom stereocenters. The normalized spacial score (nSPS) is 25.9. The molecule has 1 fully saturated rings. The quantitative estimate of drug-likeness (QED) is 0.853. The zero-order valence-electron chi connectivity index (χ0n) is 9.39. The molecule has 16 heavy (non-hydrogen) atoms. The van der Waals surface area contributed by atoms with E-state index in [1.165, 1.54) is 0 Å². The van der Waals surface area contributed by atoms with Gasteiger partial charge in [-0.05, 0) is 31.9 Å². The van der Waals surface area contributed by atoms with Gasteiger partial charge >= 0.3 is 0 Å². The maximum absolute atomic E-state index is 12.3. The van der Waals surface area contributed by atoms with Gasteiger partial charge in [0, 0.05) is 6.04 Å². The smallest absolute Gasteiger partial charge is 0.182 e. The average Bonchev–Trinajstić information content (AvgIpc) is 2.66. The molecule has 2 unspecified atom stereocenters. The Bertz CT molecular complexity index is 464. The van der Waals surface area contributed by atoms with Gasteiger partial charge in [0.1, 0.15) is 0 Å². The Kier molecular flexibility index (Phi) is 3.04. The molecule has 4 heteroatoms. The Balaban J connectivity index is 2.35. The highest BCUT2D eigenvalue weighted by atomic mass is 32.2. The summed E-state index contributed by atoms with van der Waals surface area (Å²) in [5, 5.41) is -0.393. The van der Waals surface area contributed by atoms with E-state index in [2.05, 4.69) is 0 Å². The largest absolute Gasteiger partial charge is 0.327 e. The van der Waals surface area contributed by atoms with Crippen LogP contribution in [-0.2, 0) is 9.84 Å². The second kappa shape index (κ2) is 4.18. The van der Waals surface area contributed by atoms with Crippen LogP contribution in [0.15, 0.2) is 29.2 Å². The van der Waals surface area contributed by atoms with E-state index in [-0.39, 0.29) is 6.04 Å². The van der Waals surface area contributed by atoms with E-state index in [0.717, 1.165) is 18.4 Å². The number of sulfone groups is 1. The third-order valence-corrected chi connectivity index (χ3v) is 5.56. The number of aryl methyl sites for hydroxylation is 1. The minimum Gasteiger partial charge on any atom is -0.327 e. The average molecular weight is 239 g/mol. The minimum absolute atomic E-state index is 0.202. The zero-order chi connectivity index (χ0) is 11.8. The van der Waals surface area contributed by atoms with E-state index in [1.807, 2.05) is 19.1 Å². The van der Waals surface area contributed by atoms with E-state index < -0.39 is 15.1 Å². The summed E-state index contributed by atoms with van der Waals surface area (Å²) in [5.41, 5.74) is 6.92. The number of hydrogen-bond donors (Lipinski definition) is 1. The second-order valence-electron chi connectivity index (χ2n) is 4.49. The first-order valence-electron chi connectivity index (χ1n) is 5.58. The predicted octanol–water partition coefficient (Wildman–Crippen LogP) is 1.65. The molecule has 1 saturated carbocycles. The van der Waals surface area contributed by atoms with Gasteiger partial charge < -0.3 is 5.73 Å². The summed E-state index contributed by atoms with van der Waals surface area (Å²) in [6, 6.07) is 6.80. The van der Waals surface area contributed by atoms with Crippen LogP contribution in [0.25, 0.3) is 0 Å². The Hall–Kier alpha value is -0.870. The van der Waals surface area contributed by atoms with Crippen LogP contribution in [0, 0.1) is 6.92 Å². The molecule has 0 aromatic heterocycles. The number of nitrogens with two attached hydrogens (primary N) is 1. The molecule has 3 nitrogen and oxygen atoms in total. The van der Waals surface area contributed by atoms with Gasteiger partial charge in [0.15, 0.2) is 9.84 Å². The first kappa shape index (κ1) is 11.6. The van der Waals surface area contributed by atoms with E-state index in [9.17, 15) is 8.42 Å². The summed E-state index contributed by atoms with van der Waals surface area (Å²) in [7, 11) is -3.23. The fourth-order valence-corrected chi connectivity index (χ4v) is 4.18. The van der Waals surface area contributed by atoms with E-state index in [1.54, 1.807) is 12.1 Å². The van der Waals surface area contributed by atoms with Gasteiger partial charge in [0.25, 0.3) is 0 Å². The molecule has 0 amide bonds. The van der Waals surface area contributed by atoms with Gasteiger partial charge in [-0.1, -0.05) is 24.1 Å². The molecule has 0 radical (unpaired) electrons. The number of rotatable bonds is 2.